The molecule has 3 atom stereocenters. The van der Waals surface area contributed by atoms with Crippen molar-refractivity contribution < 1.29 is 9.47 Å². The van der Waals surface area contributed by atoms with Gasteiger partial charge in [0.25, 0.3) is 0 Å². The molecule has 0 spiro atoms. The van der Waals surface area contributed by atoms with Crippen LogP contribution in [0.15, 0.2) is 6.33 Å². The van der Waals surface area contributed by atoms with Gasteiger partial charge in [0, 0.05) is 7.11 Å². The van der Waals surface area contributed by atoms with Gasteiger partial charge in [0.1, 0.15) is 12.2 Å². The average molecular weight is 311 g/mol. The van der Waals surface area contributed by atoms with Crippen LogP contribution in [0.5, 0.6) is 5.88 Å². The first-order chi connectivity index (χ1) is 10.2. The van der Waals surface area contributed by atoms with Gasteiger partial charge in [-0.15, -0.1) is 11.6 Å². The number of ether oxygens (including phenoxy) is 2. The minimum Gasteiger partial charge on any atom is -0.479 e. The second kappa shape index (κ2) is 5.77. The van der Waals surface area contributed by atoms with E-state index in [9.17, 15) is 0 Å². The van der Waals surface area contributed by atoms with Crippen molar-refractivity contribution in [3.8, 4) is 5.88 Å². The molecule has 3 unspecified atom stereocenters. The van der Waals surface area contributed by atoms with Crippen LogP contribution in [-0.2, 0) is 4.74 Å². The first-order valence-electron chi connectivity index (χ1n) is 7.11. The molecule has 1 saturated carbocycles. The molecule has 0 amide bonds. The Kier molecular flexibility index (Phi) is 3.99. The van der Waals surface area contributed by atoms with Gasteiger partial charge in [0.2, 0.25) is 5.88 Å². The molecule has 0 aromatic carbocycles. The van der Waals surface area contributed by atoms with Crippen molar-refractivity contribution in [2.75, 3.05) is 14.2 Å². The Balaban J connectivity index is 2.21. The summed E-state index contributed by atoms with van der Waals surface area (Å²) in [6.45, 7) is 1.91. The Bertz CT molecular complexity index is 643. The lowest BCUT2D eigenvalue weighted by Gasteiger charge is -2.22. The van der Waals surface area contributed by atoms with Crippen molar-refractivity contribution in [3.63, 3.8) is 0 Å². The van der Waals surface area contributed by atoms with E-state index in [0.29, 0.717) is 11.4 Å². The highest BCUT2D eigenvalue weighted by molar-refractivity contribution is 6.20. The van der Waals surface area contributed by atoms with Crippen molar-refractivity contribution in [2.24, 2.45) is 0 Å². The lowest BCUT2D eigenvalue weighted by atomic mass is 10.2. The smallest absolute Gasteiger partial charge is 0.245 e. The molecule has 0 radical (unpaired) electrons. The minimum absolute atomic E-state index is 0.164. The SMILES string of the molecule is COc1ncnc2c1nc(C(C)Cl)n2C1CCCC1OC. The van der Waals surface area contributed by atoms with Gasteiger partial charge in [-0.05, 0) is 26.2 Å². The average Bonchev–Trinajstić information content (AvgIpc) is 3.09. The molecule has 1 aliphatic carbocycles. The van der Waals surface area contributed by atoms with E-state index < -0.39 is 0 Å². The van der Waals surface area contributed by atoms with E-state index in [1.807, 2.05) is 6.92 Å². The number of hydrogen-bond donors (Lipinski definition) is 0. The standard InChI is InChI=1S/C14H19ClN4O2/c1-8(15)12-18-11-13(16-7-17-14(11)21-3)19(12)9-5-4-6-10(9)20-2/h7-10H,4-6H2,1-3H3. The molecule has 2 aromatic heterocycles. The van der Waals surface area contributed by atoms with E-state index in [0.717, 1.165) is 30.7 Å². The summed E-state index contributed by atoms with van der Waals surface area (Å²) in [5.41, 5.74) is 1.42. The zero-order chi connectivity index (χ0) is 15.0. The maximum absolute atomic E-state index is 6.33. The highest BCUT2D eigenvalue weighted by Crippen LogP contribution is 2.38. The molecule has 1 aliphatic rings. The summed E-state index contributed by atoms with van der Waals surface area (Å²) < 4.78 is 13.0. The van der Waals surface area contributed by atoms with Crippen LogP contribution in [0.25, 0.3) is 11.2 Å². The quantitative estimate of drug-likeness (QED) is 0.813. The molecule has 2 heterocycles. The van der Waals surface area contributed by atoms with Crippen LogP contribution >= 0.6 is 11.6 Å². The van der Waals surface area contributed by atoms with Crippen molar-refractivity contribution in [2.45, 2.75) is 43.7 Å². The first-order valence-corrected chi connectivity index (χ1v) is 7.54. The zero-order valence-corrected chi connectivity index (χ0v) is 13.2. The van der Waals surface area contributed by atoms with Crippen LogP contribution in [-0.4, -0.2) is 39.8 Å². The van der Waals surface area contributed by atoms with Gasteiger partial charge in [0.05, 0.1) is 24.6 Å². The molecule has 0 saturated heterocycles. The molecule has 0 aliphatic heterocycles. The topological polar surface area (TPSA) is 62.1 Å². The maximum atomic E-state index is 6.33. The summed E-state index contributed by atoms with van der Waals surface area (Å²) in [6.07, 6.45) is 4.86. The maximum Gasteiger partial charge on any atom is 0.245 e. The number of rotatable bonds is 4. The molecule has 3 rings (SSSR count). The van der Waals surface area contributed by atoms with Crippen LogP contribution in [0.2, 0.25) is 0 Å². The second-order valence-electron chi connectivity index (χ2n) is 5.28. The van der Waals surface area contributed by atoms with E-state index in [-0.39, 0.29) is 17.5 Å². The van der Waals surface area contributed by atoms with Crippen molar-refractivity contribution in [1.29, 1.82) is 0 Å². The first kappa shape index (κ1) is 14.5. The Morgan fingerprint density at radius 1 is 1.33 bits per heavy atom. The van der Waals surface area contributed by atoms with Gasteiger partial charge in [-0.1, -0.05) is 0 Å². The number of halogens is 1. The number of fused-ring (bicyclic) bond motifs is 1. The fourth-order valence-corrected chi connectivity index (χ4v) is 3.29. The van der Waals surface area contributed by atoms with E-state index in [1.165, 1.54) is 6.33 Å². The number of imidazole rings is 1. The Morgan fingerprint density at radius 2 is 2.14 bits per heavy atom. The summed E-state index contributed by atoms with van der Waals surface area (Å²) in [6, 6.07) is 0.204. The second-order valence-corrected chi connectivity index (χ2v) is 5.94. The molecule has 114 valence electrons. The van der Waals surface area contributed by atoms with Gasteiger partial charge in [-0.25, -0.2) is 9.97 Å². The predicted octanol–water partition coefficient (Wildman–Crippen LogP) is 2.87. The van der Waals surface area contributed by atoms with Gasteiger partial charge in [-0.2, -0.15) is 4.98 Å². The number of methoxy groups -OCH3 is 2. The molecular weight excluding hydrogens is 292 g/mol. The van der Waals surface area contributed by atoms with Gasteiger partial charge in [-0.3, -0.25) is 0 Å². The fourth-order valence-electron chi connectivity index (χ4n) is 3.14. The summed E-state index contributed by atoms with van der Waals surface area (Å²) in [4.78, 5) is 13.1. The van der Waals surface area contributed by atoms with Crippen LogP contribution in [0.4, 0.5) is 0 Å². The van der Waals surface area contributed by atoms with Crippen molar-refractivity contribution >= 4 is 22.8 Å². The molecule has 21 heavy (non-hydrogen) atoms. The molecule has 2 aromatic rings. The molecule has 0 N–H and O–H groups in total. The molecular formula is C14H19ClN4O2. The summed E-state index contributed by atoms with van der Waals surface area (Å²) in [7, 11) is 3.33. The normalized spacial score (nSPS) is 23.6. The summed E-state index contributed by atoms with van der Waals surface area (Å²) >= 11 is 6.33. The zero-order valence-electron chi connectivity index (χ0n) is 12.4. The van der Waals surface area contributed by atoms with Gasteiger partial charge < -0.3 is 14.0 Å². The Labute approximate surface area is 128 Å². The Hall–Kier alpha value is -1.40. The third kappa shape index (κ3) is 2.36. The monoisotopic (exact) mass is 310 g/mol. The van der Waals surface area contributed by atoms with Crippen LogP contribution in [0, 0.1) is 0 Å². The predicted molar refractivity (Wildman–Crippen MR) is 79.8 cm³/mol. The van der Waals surface area contributed by atoms with Crippen LogP contribution in [0.1, 0.15) is 43.4 Å². The Morgan fingerprint density at radius 3 is 2.81 bits per heavy atom. The highest BCUT2D eigenvalue weighted by atomic mass is 35.5. The highest BCUT2D eigenvalue weighted by Gasteiger charge is 2.33. The molecule has 0 bridgehead atoms. The van der Waals surface area contributed by atoms with Crippen molar-refractivity contribution in [3.05, 3.63) is 12.2 Å². The largest absolute Gasteiger partial charge is 0.479 e. The summed E-state index contributed by atoms with van der Waals surface area (Å²) in [5.74, 6) is 1.27. The third-order valence-electron chi connectivity index (χ3n) is 4.07. The molecule has 1 fully saturated rings. The lowest BCUT2D eigenvalue weighted by molar-refractivity contribution is 0.0751. The molecule has 7 heteroatoms. The number of aromatic nitrogens is 4. The van der Waals surface area contributed by atoms with E-state index in [1.54, 1.807) is 14.2 Å². The van der Waals surface area contributed by atoms with E-state index in [4.69, 9.17) is 21.1 Å². The molecule has 6 nitrogen and oxygen atoms in total. The fraction of sp³-hybridized carbons (Fsp3) is 0.643. The van der Waals surface area contributed by atoms with Crippen LogP contribution < -0.4 is 4.74 Å². The summed E-state index contributed by atoms with van der Waals surface area (Å²) in [5, 5.41) is -0.220. The van der Waals surface area contributed by atoms with Gasteiger partial charge in [0.15, 0.2) is 11.2 Å². The minimum atomic E-state index is -0.220. The number of hydrogen-bond acceptors (Lipinski definition) is 5. The van der Waals surface area contributed by atoms with Crippen LogP contribution in [0.3, 0.4) is 0 Å². The van der Waals surface area contributed by atoms with Crippen molar-refractivity contribution in [1.82, 2.24) is 19.5 Å². The third-order valence-corrected chi connectivity index (χ3v) is 4.27. The van der Waals surface area contributed by atoms with E-state index in [2.05, 4.69) is 19.5 Å². The van der Waals surface area contributed by atoms with Gasteiger partial charge >= 0.3 is 0 Å². The number of nitrogens with zero attached hydrogens (tertiary/aromatic N) is 4. The lowest BCUT2D eigenvalue weighted by Crippen LogP contribution is -2.22. The number of alkyl halides is 1. The van der Waals surface area contributed by atoms with E-state index >= 15 is 0 Å².